The highest BCUT2D eigenvalue weighted by atomic mass is 16.3. The van der Waals surface area contributed by atoms with Crippen LogP contribution >= 0.6 is 0 Å². The first-order valence-corrected chi connectivity index (χ1v) is 4.64. The molecule has 1 heterocycles. The number of hydrogen-bond acceptors (Lipinski definition) is 3. The number of nitrogens with zero attached hydrogens (tertiary/aromatic N) is 2. The summed E-state index contributed by atoms with van der Waals surface area (Å²) >= 11 is 0. The van der Waals surface area contributed by atoms with Crippen molar-refractivity contribution in [1.29, 1.82) is 0 Å². The lowest BCUT2D eigenvalue weighted by atomic mass is 10.1. The van der Waals surface area contributed by atoms with Crippen LogP contribution in [0, 0.1) is 0 Å². The third kappa shape index (κ3) is 1.71. The van der Waals surface area contributed by atoms with Gasteiger partial charge in [-0.15, -0.1) is 0 Å². The summed E-state index contributed by atoms with van der Waals surface area (Å²) in [5, 5.41) is 23.6. The molecule has 0 spiro atoms. The zero-order valence-electron chi connectivity index (χ0n) is 8.33. The van der Waals surface area contributed by atoms with Crippen molar-refractivity contribution >= 4 is 0 Å². The van der Waals surface area contributed by atoms with Gasteiger partial charge in [0.1, 0.15) is 11.9 Å². The van der Waals surface area contributed by atoms with E-state index in [2.05, 4.69) is 5.10 Å². The van der Waals surface area contributed by atoms with Gasteiger partial charge in [-0.05, 0) is 12.1 Å². The maximum atomic E-state index is 10.0. The molecule has 1 aromatic carbocycles. The van der Waals surface area contributed by atoms with Crippen molar-refractivity contribution in [2.45, 2.75) is 6.10 Å². The first-order valence-electron chi connectivity index (χ1n) is 4.64. The molecule has 0 amide bonds. The molecule has 1 unspecified atom stereocenters. The van der Waals surface area contributed by atoms with Crippen molar-refractivity contribution in [2.24, 2.45) is 7.05 Å². The summed E-state index contributed by atoms with van der Waals surface area (Å²) in [4.78, 5) is 0. The minimum Gasteiger partial charge on any atom is -0.508 e. The van der Waals surface area contributed by atoms with Gasteiger partial charge >= 0.3 is 0 Å². The monoisotopic (exact) mass is 204 g/mol. The second-order valence-corrected chi connectivity index (χ2v) is 3.34. The molecule has 2 rings (SSSR count). The summed E-state index contributed by atoms with van der Waals surface area (Å²) in [7, 11) is 1.75. The molecule has 0 radical (unpaired) electrons. The average Bonchev–Trinajstić information content (AvgIpc) is 2.64. The number of aliphatic hydroxyl groups is 1. The molecule has 15 heavy (non-hydrogen) atoms. The van der Waals surface area contributed by atoms with Crippen LogP contribution in [0.2, 0.25) is 0 Å². The first kappa shape index (κ1) is 9.73. The highest BCUT2D eigenvalue weighted by Gasteiger charge is 2.16. The molecule has 4 heteroatoms. The van der Waals surface area contributed by atoms with Gasteiger partial charge in [-0.2, -0.15) is 5.10 Å². The Morgan fingerprint density at radius 2 is 2.00 bits per heavy atom. The fraction of sp³-hybridized carbons (Fsp3) is 0.182. The predicted octanol–water partition coefficient (Wildman–Crippen LogP) is 1.21. The Labute approximate surface area is 87.4 Å². The summed E-state index contributed by atoms with van der Waals surface area (Å²) in [5.74, 6) is 0.0891. The Kier molecular flexibility index (Phi) is 2.43. The molecule has 0 aliphatic carbocycles. The number of phenols is 1. The highest BCUT2D eigenvalue weighted by Crippen LogP contribution is 2.28. The van der Waals surface area contributed by atoms with Crippen molar-refractivity contribution in [2.75, 3.05) is 0 Å². The minimum absolute atomic E-state index is 0.0891. The number of aryl methyl sites for hydroxylation is 1. The van der Waals surface area contributed by atoms with Crippen molar-refractivity contribution in [1.82, 2.24) is 9.78 Å². The van der Waals surface area contributed by atoms with Crippen molar-refractivity contribution < 1.29 is 10.2 Å². The van der Waals surface area contributed by atoms with Crippen LogP contribution in [0.15, 0.2) is 36.5 Å². The van der Waals surface area contributed by atoms with Gasteiger partial charge in [-0.25, -0.2) is 0 Å². The average molecular weight is 204 g/mol. The van der Waals surface area contributed by atoms with E-state index in [1.165, 1.54) is 0 Å². The van der Waals surface area contributed by atoms with E-state index in [-0.39, 0.29) is 5.75 Å². The van der Waals surface area contributed by atoms with Crippen molar-refractivity contribution in [3.05, 3.63) is 47.8 Å². The maximum absolute atomic E-state index is 10.0. The normalized spacial score (nSPS) is 12.7. The third-order valence-electron chi connectivity index (χ3n) is 2.37. The Balaban J connectivity index is 2.41. The third-order valence-corrected chi connectivity index (χ3v) is 2.37. The predicted molar refractivity (Wildman–Crippen MR) is 55.4 cm³/mol. The lowest BCUT2D eigenvalue weighted by Gasteiger charge is -2.12. The van der Waals surface area contributed by atoms with E-state index in [1.54, 1.807) is 48.3 Å². The van der Waals surface area contributed by atoms with Gasteiger partial charge in [0.15, 0.2) is 0 Å². The summed E-state index contributed by atoms with van der Waals surface area (Å²) in [6.07, 6.45) is 0.761. The lowest BCUT2D eigenvalue weighted by molar-refractivity contribution is 0.205. The quantitative estimate of drug-likeness (QED) is 0.773. The fourth-order valence-corrected chi connectivity index (χ4v) is 1.53. The number of hydrogen-bond donors (Lipinski definition) is 2. The number of aliphatic hydroxyl groups excluding tert-OH is 1. The van der Waals surface area contributed by atoms with Gasteiger partial charge in [-0.1, -0.05) is 18.2 Å². The van der Waals surface area contributed by atoms with E-state index >= 15 is 0 Å². The fourth-order valence-electron chi connectivity index (χ4n) is 1.53. The van der Waals surface area contributed by atoms with Gasteiger partial charge in [0.05, 0.1) is 5.69 Å². The molecule has 0 aliphatic rings. The number of aromatic nitrogens is 2. The second kappa shape index (κ2) is 3.74. The zero-order chi connectivity index (χ0) is 10.8. The van der Waals surface area contributed by atoms with Crippen LogP contribution in [0.25, 0.3) is 0 Å². The molecule has 4 nitrogen and oxygen atoms in total. The van der Waals surface area contributed by atoms with Crippen LogP contribution in [0.3, 0.4) is 0 Å². The van der Waals surface area contributed by atoms with E-state index in [1.807, 2.05) is 0 Å². The summed E-state index contributed by atoms with van der Waals surface area (Å²) < 4.78 is 1.58. The zero-order valence-corrected chi connectivity index (χ0v) is 8.33. The first-order chi connectivity index (χ1) is 7.20. The van der Waals surface area contributed by atoms with Crippen LogP contribution in [0.1, 0.15) is 17.4 Å². The number of aromatic hydroxyl groups is 1. The molecule has 0 saturated heterocycles. The van der Waals surface area contributed by atoms with Gasteiger partial charge in [0.25, 0.3) is 0 Å². The van der Waals surface area contributed by atoms with E-state index in [0.29, 0.717) is 11.3 Å². The summed E-state index contributed by atoms with van der Waals surface area (Å²) in [6, 6.07) is 8.45. The van der Waals surface area contributed by atoms with Crippen LogP contribution in [0.5, 0.6) is 5.75 Å². The molecule has 2 N–H and O–H groups in total. The number of para-hydroxylation sites is 1. The topological polar surface area (TPSA) is 58.3 Å². The molecule has 0 bridgehead atoms. The Hall–Kier alpha value is -1.81. The number of phenolic OH excluding ortho intramolecular Hbond substituents is 1. The standard InChI is InChI=1S/C11H12N2O2/c1-13-9(6-7-12-13)11(15)8-4-2-3-5-10(8)14/h2-7,11,14-15H,1H3. The molecule has 78 valence electrons. The molecule has 1 aromatic heterocycles. The van der Waals surface area contributed by atoms with Crippen molar-refractivity contribution in [3.63, 3.8) is 0 Å². The van der Waals surface area contributed by atoms with Gasteiger partial charge < -0.3 is 10.2 Å². The number of rotatable bonds is 2. The second-order valence-electron chi connectivity index (χ2n) is 3.34. The molecule has 0 aliphatic heterocycles. The Morgan fingerprint density at radius 1 is 1.27 bits per heavy atom. The smallest absolute Gasteiger partial charge is 0.124 e. The van der Waals surface area contributed by atoms with Gasteiger partial charge in [0, 0.05) is 18.8 Å². The van der Waals surface area contributed by atoms with E-state index in [9.17, 15) is 10.2 Å². The molecule has 0 saturated carbocycles. The molecule has 0 fully saturated rings. The van der Waals surface area contributed by atoms with Crippen LogP contribution in [-0.4, -0.2) is 20.0 Å². The summed E-state index contributed by atoms with van der Waals surface area (Å²) in [5.41, 5.74) is 1.14. The Morgan fingerprint density at radius 3 is 2.60 bits per heavy atom. The van der Waals surface area contributed by atoms with Gasteiger partial charge in [-0.3, -0.25) is 4.68 Å². The van der Waals surface area contributed by atoms with Gasteiger partial charge in [0.2, 0.25) is 0 Å². The molecular weight excluding hydrogens is 192 g/mol. The highest BCUT2D eigenvalue weighted by molar-refractivity contribution is 5.37. The van der Waals surface area contributed by atoms with E-state index in [0.717, 1.165) is 0 Å². The minimum atomic E-state index is -0.848. The largest absolute Gasteiger partial charge is 0.508 e. The van der Waals surface area contributed by atoms with E-state index in [4.69, 9.17) is 0 Å². The molecular formula is C11H12N2O2. The van der Waals surface area contributed by atoms with Crippen LogP contribution < -0.4 is 0 Å². The number of benzene rings is 1. The maximum Gasteiger partial charge on any atom is 0.124 e. The Bertz CT molecular complexity index is 465. The SMILES string of the molecule is Cn1nccc1C(O)c1ccccc1O. The lowest BCUT2D eigenvalue weighted by Crippen LogP contribution is -2.06. The summed E-state index contributed by atoms with van der Waals surface area (Å²) in [6.45, 7) is 0. The van der Waals surface area contributed by atoms with Crippen molar-refractivity contribution in [3.8, 4) is 5.75 Å². The van der Waals surface area contributed by atoms with Crippen LogP contribution in [0.4, 0.5) is 0 Å². The molecule has 1 atom stereocenters. The van der Waals surface area contributed by atoms with E-state index < -0.39 is 6.10 Å². The molecule has 2 aromatic rings. The van der Waals surface area contributed by atoms with Crippen LogP contribution in [-0.2, 0) is 7.05 Å².